The number of benzene rings is 2. The van der Waals surface area contributed by atoms with E-state index in [1.807, 2.05) is 73.1 Å². The molecule has 0 atom stereocenters. The number of alkyl halides is 6. The predicted molar refractivity (Wildman–Crippen MR) is 176 cm³/mol. The number of hydrogen-bond donors (Lipinski definition) is 0. The van der Waals surface area contributed by atoms with Crippen molar-refractivity contribution in [3.63, 3.8) is 0 Å². The number of aromatic nitrogens is 3. The van der Waals surface area contributed by atoms with Crippen molar-refractivity contribution < 1.29 is 74.3 Å². The molecule has 0 N–H and O–H groups in total. The number of pyridine rings is 3. The van der Waals surface area contributed by atoms with Gasteiger partial charge in [-0.05, 0) is 0 Å². The van der Waals surface area contributed by atoms with Crippen LogP contribution in [0.5, 0.6) is 11.5 Å². The third-order valence-corrected chi connectivity index (χ3v) is 17.6. The molecule has 3 aliphatic rings. The Kier molecular flexibility index (Phi) is 8.86. The molecule has 3 aromatic heterocycles. The molecule has 1 spiro atoms. The smallest absolute Gasteiger partial charge is 0.485 e. The summed E-state index contributed by atoms with van der Waals surface area (Å²) in [5, 5.41) is 1.26. The normalized spacial score (nSPS) is 17.7. The van der Waals surface area contributed by atoms with Crippen molar-refractivity contribution in [2.24, 2.45) is 0 Å². The molecular formula is C29H16Cl4F6N3O8PS2. The van der Waals surface area contributed by atoms with Crippen molar-refractivity contribution in [2.75, 3.05) is 0 Å². The van der Waals surface area contributed by atoms with Crippen LogP contribution in [0.1, 0.15) is 0 Å². The van der Waals surface area contributed by atoms with Crippen LogP contribution in [-0.2, 0) is 20.2 Å². The minimum absolute atomic E-state index is 0.104. The molecule has 2 aromatic carbocycles. The van der Waals surface area contributed by atoms with Crippen LogP contribution in [0.3, 0.4) is 0 Å². The van der Waals surface area contributed by atoms with E-state index in [-0.39, 0.29) is 31.6 Å². The topological polar surface area (TPSA) is 144 Å². The second-order valence-corrected chi connectivity index (χ2v) is 20.0. The van der Waals surface area contributed by atoms with Crippen LogP contribution in [0, 0.1) is 0 Å². The van der Waals surface area contributed by atoms with Gasteiger partial charge in [0.2, 0.25) is 0 Å². The first-order chi connectivity index (χ1) is 24.4. The maximum Gasteiger partial charge on any atom is 0.485 e. The maximum atomic E-state index is 10.7. The van der Waals surface area contributed by atoms with Crippen molar-refractivity contribution in [1.82, 2.24) is 0 Å². The quantitative estimate of drug-likeness (QED) is 0.0456. The van der Waals surface area contributed by atoms with E-state index in [0.29, 0.717) is 0 Å². The number of nitrogens with zero attached hydrogens (tertiary/aromatic N) is 3. The SMILES string of the molecule is Clc1c(Cl)c(Cl)c2c(c1Cl)O[P-]13(c4ccccc4)(O2)[n+]2ccccc2-c2cccc([n+]21)-c1cccc[n+]13.O=S(=O)([O-])C(F)(F)F.O=S(=O)([O-])C(F)(F)F. The van der Waals surface area contributed by atoms with E-state index in [4.69, 9.17) is 81.4 Å². The third kappa shape index (κ3) is 5.02. The van der Waals surface area contributed by atoms with Gasteiger partial charge in [0.05, 0.1) is 0 Å². The zero-order valence-electron chi connectivity index (χ0n) is 25.4. The number of halogens is 10. The van der Waals surface area contributed by atoms with E-state index >= 15 is 0 Å². The van der Waals surface area contributed by atoms with Crippen molar-refractivity contribution in [2.45, 2.75) is 11.0 Å². The first kappa shape index (κ1) is 39.2. The average molecular weight is 885 g/mol. The van der Waals surface area contributed by atoms with Crippen molar-refractivity contribution in [1.29, 1.82) is 0 Å². The van der Waals surface area contributed by atoms with E-state index < -0.39 is 38.1 Å². The fraction of sp³-hybridized carbons (Fsp3) is 0.0690. The van der Waals surface area contributed by atoms with Gasteiger partial charge in [-0.25, -0.2) is 16.8 Å². The maximum absolute atomic E-state index is 10.7. The summed E-state index contributed by atoms with van der Waals surface area (Å²) < 4.78 is 139. The van der Waals surface area contributed by atoms with E-state index in [1.54, 1.807) is 0 Å². The molecule has 11 nitrogen and oxygen atoms in total. The first-order valence-corrected chi connectivity index (χ1v) is 20.7. The van der Waals surface area contributed by atoms with Crippen molar-refractivity contribution >= 4 is 78.8 Å². The first-order valence-electron chi connectivity index (χ1n) is 14.0. The Morgan fingerprint density at radius 3 is 1.23 bits per heavy atom. The molecular weight excluding hydrogens is 869 g/mol. The summed E-state index contributed by atoms with van der Waals surface area (Å²) in [6.07, 6.45) is 3.97. The van der Waals surface area contributed by atoms with Gasteiger partial charge in [-0.3, -0.25) is 0 Å². The Balaban J connectivity index is 0.000000254. The molecule has 0 aliphatic carbocycles. The summed E-state index contributed by atoms with van der Waals surface area (Å²) in [7, 11) is -12.2. The molecule has 0 fully saturated rings. The second kappa shape index (κ2) is 12.0. The number of fused-ring (bicyclic) bond motifs is 5. The summed E-state index contributed by atoms with van der Waals surface area (Å²) in [6, 6.07) is 28.1. The summed E-state index contributed by atoms with van der Waals surface area (Å²) in [4.78, 5) is 0. The van der Waals surface area contributed by atoms with E-state index in [0.717, 1.165) is 28.1 Å². The molecule has 0 saturated carbocycles. The van der Waals surface area contributed by atoms with Gasteiger partial charge in [0, 0.05) is 0 Å². The van der Waals surface area contributed by atoms with Gasteiger partial charge < -0.3 is 9.11 Å². The van der Waals surface area contributed by atoms with Gasteiger partial charge in [0.25, 0.3) is 0 Å². The zero-order valence-corrected chi connectivity index (χ0v) is 30.9. The molecule has 0 bridgehead atoms. The molecule has 6 heterocycles. The van der Waals surface area contributed by atoms with Crippen molar-refractivity contribution in [3.8, 4) is 34.3 Å². The number of hydrogen-bond acceptors (Lipinski definition) is 8. The van der Waals surface area contributed by atoms with Gasteiger partial charge in [-0.1, -0.05) is 0 Å². The molecule has 3 aliphatic heterocycles. The Labute approximate surface area is 314 Å². The Bertz CT molecular complexity index is 2470. The van der Waals surface area contributed by atoms with Crippen LogP contribution >= 0.6 is 53.3 Å². The largest absolute Gasteiger partial charge is 0.741 e. The summed E-state index contributed by atoms with van der Waals surface area (Å²) in [5.41, 5.74) is -7.65. The zero-order chi connectivity index (χ0) is 39.2. The molecule has 0 amide bonds. The molecule has 8 rings (SSSR count). The summed E-state index contributed by atoms with van der Waals surface area (Å²) >= 11 is 26.8. The van der Waals surface area contributed by atoms with E-state index in [2.05, 4.69) is 37.3 Å². The molecule has 24 heteroatoms. The summed E-state index contributed by atoms with van der Waals surface area (Å²) in [6.45, 7) is -5.41. The van der Waals surface area contributed by atoms with Gasteiger partial charge in [-0.2, -0.15) is 26.3 Å². The third-order valence-electron chi connectivity index (χ3n) is 8.22. The molecule has 0 unspecified atom stereocenters. The standard InChI is InChI=1S/C27H16Cl4N3O2P.2CHF3O3S/c28-22-23(29)25(31)27-26(24(22)30)35-37(36-27,17-9-2-1-3-10-17)32-15-6-4-11-18(32)20-13-8-14-21(34(20)37)19-12-5-7-16-33(19)37;2*2-1(3,4)8(5,6)7/h1-16H;2*(H,5,6,7)/q+2;;/p-2. The van der Waals surface area contributed by atoms with E-state index in [1.165, 1.54) is 0 Å². The van der Waals surface area contributed by atoms with Crippen LogP contribution in [-0.4, -0.2) is 37.0 Å². The van der Waals surface area contributed by atoms with Gasteiger partial charge >= 0.3 is 243 Å². The van der Waals surface area contributed by atoms with Crippen molar-refractivity contribution in [3.05, 3.63) is 117 Å². The minimum atomic E-state index is -6.09. The molecule has 0 saturated heterocycles. The fourth-order valence-corrected chi connectivity index (χ4v) is 14.8. The minimum Gasteiger partial charge on any atom is -0.741 e. The van der Waals surface area contributed by atoms with E-state index in [9.17, 15) is 26.3 Å². The molecule has 5 aromatic rings. The summed E-state index contributed by atoms with van der Waals surface area (Å²) in [5.74, 6) is 0.476. The van der Waals surface area contributed by atoms with Crippen LogP contribution in [0.4, 0.5) is 26.3 Å². The average Bonchev–Trinajstić information content (AvgIpc) is 3.65. The van der Waals surface area contributed by atoms with Crippen LogP contribution in [0.15, 0.2) is 97.3 Å². The van der Waals surface area contributed by atoms with Gasteiger partial charge in [-0.15, -0.1) is 0 Å². The monoisotopic (exact) mass is 883 g/mol. The Morgan fingerprint density at radius 1 is 0.528 bits per heavy atom. The fourth-order valence-electron chi connectivity index (χ4n) is 6.37. The van der Waals surface area contributed by atoms with Gasteiger partial charge in [0.15, 0.2) is 20.2 Å². The number of rotatable bonds is 1. The van der Waals surface area contributed by atoms with Gasteiger partial charge in [0.1, 0.15) is 0 Å². The second-order valence-electron chi connectivity index (χ2n) is 11.0. The molecule has 53 heavy (non-hydrogen) atoms. The van der Waals surface area contributed by atoms with Crippen LogP contribution < -0.4 is 27.4 Å². The Morgan fingerprint density at radius 2 is 0.868 bits per heavy atom. The van der Waals surface area contributed by atoms with Crippen LogP contribution in [0.2, 0.25) is 20.1 Å². The molecule has 282 valence electrons. The molecule has 0 radical (unpaired) electrons. The van der Waals surface area contributed by atoms with Crippen LogP contribution in [0.25, 0.3) is 22.8 Å². The Hall–Kier alpha value is -3.52. The predicted octanol–water partition coefficient (Wildman–Crippen LogP) is 6.63.